The monoisotopic (exact) mass is 309 g/mol. The summed E-state index contributed by atoms with van der Waals surface area (Å²) >= 11 is 0. The van der Waals surface area contributed by atoms with E-state index < -0.39 is 10.0 Å². The van der Waals surface area contributed by atoms with Crippen LogP contribution in [-0.2, 0) is 23.6 Å². The predicted molar refractivity (Wildman–Crippen MR) is 82.4 cm³/mol. The molecule has 0 fully saturated rings. The van der Waals surface area contributed by atoms with Crippen LogP contribution in [0.1, 0.15) is 11.3 Å². The van der Waals surface area contributed by atoms with Crippen LogP contribution in [0.4, 0.5) is 11.4 Å². The summed E-state index contributed by atoms with van der Waals surface area (Å²) in [6.45, 7) is 2.53. The van der Waals surface area contributed by atoms with Crippen molar-refractivity contribution in [2.75, 3.05) is 18.1 Å². The van der Waals surface area contributed by atoms with Gasteiger partial charge in [0.05, 0.1) is 11.4 Å². The normalized spacial score (nSPS) is 11.6. The maximum atomic E-state index is 11.7. The molecule has 0 radical (unpaired) electrons. The number of nitrogens with one attached hydrogen (secondary N) is 2. The Labute approximate surface area is 124 Å². The van der Waals surface area contributed by atoms with Crippen molar-refractivity contribution in [2.24, 2.45) is 7.05 Å². The van der Waals surface area contributed by atoms with Gasteiger partial charge in [-0.1, -0.05) is 0 Å². The molecule has 0 spiro atoms. The minimum Gasteiger partial charge on any atom is -0.398 e. The smallest absolute Gasteiger partial charge is 0.242 e. The maximum absolute atomic E-state index is 11.7. The first-order valence-electron chi connectivity index (χ1n) is 6.39. The molecule has 1 heterocycles. The molecule has 0 aliphatic rings. The number of nitrogens with zero attached hydrogens (tertiary/aromatic N) is 2. The second-order valence-electron chi connectivity index (χ2n) is 4.73. The maximum Gasteiger partial charge on any atom is 0.242 e. The van der Waals surface area contributed by atoms with E-state index in [1.807, 2.05) is 20.2 Å². The van der Waals surface area contributed by atoms with Crippen molar-refractivity contribution < 1.29 is 8.42 Å². The molecule has 21 heavy (non-hydrogen) atoms. The van der Waals surface area contributed by atoms with Crippen molar-refractivity contribution in [3.63, 3.8) is 0 Å². The molecule has 0 aliphatic heterocycles. The van der Waals surface area contributed by atoms with Crippen molar-refractivity contribution >= 4 is 21.4 Å². The Morgan fingerprint density at radius 3 is 2.62 bits per heavy atom. The zero-order valence-corrected chi connectivity index (χ0v) is 13.0. The van der Waals surface area contributed by atoms with Crippen LogP contribution in [0.25, 0.3) is 0 Å². The average molecular weight is 309 g/mol. The number of hydrogen-bond acceptors (Lipinski definition) is 5. The molecular formula is C13H19N5O2S. The Hall–Kier alpha value is -2.06. The second-order valence-corrected chi connectivity index (χ2v) is 6.58. The summed E-state index contributed by atoms with van der Waals surface area (Å²) < 4.78 is 27.5. The summed E-state index contributed by atoms with van der Waals surface area (Å²) in [6, 6.07) is 4.78. The van der Waals surface area contributed by atoms with Gasteiger partial charge >= 0.3 is 0 Å². The summed E-state index contributed by atoms with van der Waals surface area (Å²) in [5.41, 5.74) is 8.80. The highest BCUT2D eigenvalue weighted by Gasteiger charge is 2.15. The molecule has 0 unspecified atom stereocenters. The Morgan fingerprint density at radius 2 is 2.10 bits per heavy atom. The van der Waals surface area contributed by atoms with Gasteiger partial charge in [0.1, 0.15) is 4.90 Å². The van der Waals surface area contributed by atoms with E-state index in [1.54, 1.807) is 16.8 Å². The van der Waals surface area contributed by atoms with Crippen LogP contribution >= 0.6 is 0 Å². The number of benzene rings is 1. The van der Waals surface area contributed by atoms with Crippen LogP contribution in [0.3, 0.4) is 0 Å². The molecule has 2 aromatic rings. The highest BCUT2D eigenvalue weighted by molar-refractivity contribution is 7.89. The SMILES string of the molecule is CNS(=O)(=O)c1ccc(NCc2cn(C)nc2C)cc1N. The highest BCUT2D eigenvalue weighted by Crippen LogP contribution is 2.22. The van der Waals surface area contributed by atoms with E-state index in [-0.39, 0.29) is 10.6 Å². The van der Waals surface area contributed by atoms with Crippen LogP contribution in [-0.4, -0.2) is 25.2 Å². The topological polar surface area (TPSA) is 102 Å². The highest BCUT2D eigenvalue weighted by atomic mass is 32.2. The number of aromatic nitrogens is 2. The lowest BCUT2D eigenvalue weighted by atomic mass is 10.2. The summed E-state index contributed by atoms with van der Waals surface area (Å²) in [7, 11) is -0.312. The van der Waals surface area contributed by atoms with Crippen molar-refractivity contribution in [3.05, 3.63) is 35.7 Å². The number of anilines is 2. The lowest BCUT2D eigenvalue weighted by Gasteiger charge is -2.10. The summed E-state index contributed by atoms with van der Waals surface area (Å²) in [5.74, 6) is 0. The van der Waals surface area contributed by atoms with Gasteiger partial charge in [-0.2, -0.15) is 5.10 Å². The Morgan fingerprint density at radius 1 is 1.38 bits per heavy atom. The van der Waals surface area contributed by atoms with Gasteiger partial charge in [-0.25, -0.2) is 13.1 Å². The number of sulfonamides is 1. The van der Waals surface area contributed by atoms with Gasteiger partial charge in [0, 0.05) is 31.0 Å². The molecule has 4 N–H and O–H groups in total. The first-order valence-corrected chi connectivity index (χ1v) is 7.88. The molecule has 0 atom stereocenters. The van der Waals surface area contributed by atoms with E-state index in [2.05, 4.69) is 15.1 Å². The van der Waals surface area contributed by atoms with Crippen LogP contribution in [0.15, 0.2) is 29.3 Å². The number of aryl methyl sites for hydroxylation is 2. The van der Waals surface area contributed by atoms with Crippen molar-refractivity contribution in [1.82, 2.24) is 14.5 Å². The fourth-order valence-corrected chi connectivity index (χ4v) is 2.87. The van der Waals surface area contributed by atoms with Gasteiger partial charge in [-0.15, -0.1) is 0 Å². The predicted octanol–water partition coefficient (Wildman–Crippen LogP) is 0.831. The molecule has 0 saturated heterocycles. The molecular weight excluding hydrogens is 290 g/mol. The Kier molecular flexibility index (Phi) is 4.19. The number of nitrogen functional groups attached to an aromatic ring is 1. The third kappa shape index (κ3) is 3.34. The van der Waals surface area contributed by atoms with E-state index in [0.717, 1.165) is 16.9 Å². The minimum absolute atomic E-state index is 0.0770. The van der Waals surface area contributed by atoms with Gasteiger partial charge in [0.15, 0.2) is 0 Å². The zero-order valence-electron chi connectivity index (χ0n) is 12.2. The van der Waals surface area contributed by atoms with E-state index in [0.29, 0.717) is 6.54 Å². The molecule has 0 bridgehead atoms. The lowest BCUT2D eigenvalue weighted by molar-refractivity contribution is 0.588. The molecule has 1 aromatic carbocycles. The standard InChI is InChI=1S/C13H19N5O2S/c1-9-10(8-18(3)17-9)7-16-11-4-5-13(12(14)6-11)21(19,20)15-2/h4-6,8,15-16H,7,14H2,1-3H3. The largest absolute Gasteiger partial charge is 0.398 e. The minimum atomic E-state index is -3.53. The van der Waals surface area contributed by atoms with E-state index in [1.165, 1.54) is 13.1 Å². The van der Waals surface area contributed by atoms with Gasteiger partial charge in [-0.05, 0) is 32.2 Å². The number of rotatable bonds is 5. The third-order valence-corrected chi connectivity index (χ3v) is 4.65. The molecule has 8 heteroatoms. The molecule has 0 saturated carbocycles. The van der Waals surface area contributed by atoms with Crippen LogP contribution in [0.5, 0.6) is 0 Å². The summed E-state index contributed by atoms with van der Waals surface area (Å²) in [6.07, 6.45) is 1.94. The Bertz CT molecular complexity index is 752. The fourth-order valence-electron chi connectivity index (χ4n) is 2.03. The first-order chi connectivity index (χ1) is 9.83. The summed E-state index contributed by atoms with van der Waals surface area (Å²) in [5, 5.41) is 7.47. The molecule has 0 amide bonds. The van der Waals surface area contributed by atoms with Crippen LogP contribution < -0.4 is 15.8 Å². The quantitative estimate of drug-likeness (QED) is 0.710. The van der Waals surface area contributed by atoms with Crippen molar-refractivity contribution in [1.29, 1.82) is 0 Å². The zero-order chi connectivity index (χ0) is 15.6. The summed E-state index contributed by atoms with van der Waals surface area (Å²) in [4.78, 5) is 0.0770. The van der Waals surface area contributed by atoms with E-state index in [4.69, 9.17) is 5.73 Å². The van der Waals surface area contributed by atoms with Gasteiger partial charge in [0.2, 0.25) is 10.0 Å². The molecule has 0 aliphatic carbocycles. The van der Waals surface area contributed by atoms with Crippen molar-refractivity contribution in [3.8, 4) is 0 Å². The molecule has 114 valence electrons. The van der Waals surface area contributed by atoms with Crippen LogP contribution in [0.2, 0.25) is 0 Å². The number of nitrogens with two attached hydrogens (primary N) is 1. The van der Waals surface area contributed by atoms with Gasteiger partial charge in [0.25, 0.3) is 0 Å². The number of hydrogen-bond donors (Lipinski definition) is 3. The lowest BCUT2D eigenvalue weighted by Crippen LogP contribution is -2.20. The fraction of sp³-hybridized carbons (Fsp3) is 0.308. The van der Waals surface area contributed by atoms with Crippen molar-refractivity contribution in [2.45, 2.75) is 18.4 Å². The first kappa shape index (κ1) is 15.3. The average Bonchev–Trinajstić information content (AvgIpc) is 2.74. The Balaban J connectivity index is 2.16. The third-order valence-electron chi connectivity index (χ3n) is 3.17. The van der Waals surface area contributed by atoms with Gasteiger partial charge < -0.3 is 11.1 Å². The van der Waals surface area contributed by atoms with Crippen LogP contribution in [0, 0.1) is 6.92 Å². The molecule has 1 aromatic heterocycles. The molecule has 7 nitrogen and oxygen atoms in total. The van der Waals surface area contributed by atoms with E-state index in [9.17, 15) is 8.42 Å². The van der Waals surface area contributed by atoms with E-state index >= 15 is 0 Å². The van der Waals surface area contributed by atoms with Gasteiger partial charge in [-0.3, -0.25) is 4.68 Å². The second kappa shape index (κ2) is 5.74. The molecule has 2 rings (SSSR count).